The molecular weight excluding hydrogens is 382 g/mol. The van der Waals surface area contributed by atoms with Crippen LogP contribution in [0.4, 0.5) is 0 Å². The molecule has 0 saturated heterocycles. The van der Waals surface area contributed by atoms with Crippen LogP contribution in [-0.4, -0.2) is 38.2 Å². The van der Waals surface area contributed by atoms with Gasteiger partial charge in [-0.05, 0) is 37.3 Å². The topological polar surface area (TPSA) is 73.9 Å². The molecule has 7 heteroatoms. The molecule has 0 atom stereocenters. The summed E-state index contributed by atoms with van der Waals surface area (Å²) in [7, 11) is 2.84. The van der Waals surface area contributed by atoms with Gasteiger partial charge in [0.25, 0.3) is 5.91 Å². The highest BCUT2D eigenvalue weighted by atomic mass is 35.5. The molecule has 1 aromatic carbocycles. The molecule has 0 spiro atoms. The molecule has 6 nitrogen and oxygen atoms in total. The van der Waals surface area contributed by atoms with Crippen molar-refractivity contribution in [1.29, 1.82) is 0 Å². The van der Waals surface area contributed by atoms with E-state index >= 15 is 0 Å². The fourth-order valence-electron chi connectivity index (χ4n) is 3.41. The minimum atomic E-state index is -0.990. The molecule has 1 amide bonds. The van der Waals surface area contributed by atoms with Gasteiger partial charge >= 0.3 is 5.97 Å². The molecule has 1 saturated carbocycles. The first-order chi connectivity index (χ1) is 13.3. The highest BCUT2D eigenvalue weighted by molar-refractivity contribution is 6.32. The Morgan fingerprint density at radius 2 is 1.86 bits per heavy atom. The van der Waals surface area contributed by atoms with E-state index in [2.05, 4.69) is 19.2 Å². The standard InChI is InChI=1S/C21H30ClNO5/c1-14(2)8-11-28-18-16(22)12-15(13-17(18)26-3)19(24)23-21(20(25)27-4)9-6-5-7-10-21/h12-14H,5-11H2,1-4H3,(H,23,24). The van der Waals surface area contributed by atoms with Crippen LogP contribution < -0.4 is 14.8 Å². The first kappa shape index (κ1) is 22.3. The van der Waals surface area contributed by atoms with E-state index in [1.54, 1.807) is 6.07 Å². The number of amides is 1. The zero-order valence-electron chi connectivity index (χ0n) is 17.1. The van der Waals surface area contributed by atoms with Crippen LogP contribution in [0.15, 0.2) is 12.1 Å². The second-order valence-electron chi connectivity index (χ2n) is 7.61. The fraction of sp³-hybridized carbons (Fsp3) is 0.619. The lowest BCUT2D eigenvalue weighted by molar-refractivity contribution is -0.149. The Morgan fingerprint density at radius 3 is 2.43 bits per heavy atom. The van der Waals surface area contributed by atoms with E-state index in [4.69, 9.17) is 25.8 Å². The maximum atomic E-state index is 12.9. The Hall–Kier alpha value is -1.95. The van der Waals surface area contributed by atoms with Crippen LogP contribution in [0.3, 0.4) is 0 Å². The van der Waals surface area contributed by atoms with E-state index in [1.165, 1.54) is 20.3 Å². The number of rotatable bonds is 8. The molecule has 0 aromatic heterocycles. The molecule has 156 valence electrons. The van der Waals surface area contributed by atoms with E-state index in [0.29, 0.717) is 47.5 Å². The van der Waals surface area contributed by atoms with Crippen molar-refractivity contribution in [3.8, 4) is 11.5 Å². The second-order valence-corrected chi connectivity index (χ2v) is 8.02. The molecule has 1 aliphatic carbocycles. The molecule has 0 unspecified atom stereocenters. The Labute approximate surface area is 171 Å². The van der Waals surface area contributed by atoms with Crippen LogP contribution in [-0.2, 0) is 9.53 Å². The number of nitrogens with one attached hydrogen (secondary N) is 1. The van der Waals surface area contributed by atoms with Crippen LogP contribution >= 0.6 is 11.6 Å². The van der Waals surface area contributed by atoms with Crippen molar-refractivity contribution in [2.24, 2.45) is 5.92 Å². The summed E-state index contributed by atoms with van der Waals surface area (Å²) in [6, 6.07) is 3.12. The van der Waals surface area contributed by atoms with Crippen molar-refractivity contribution in [3.05, 3.63) is 22.7 Å². The quantitative estimate of drug-likeness (QED) is 0.642. The molecule has 0 aliphatic heterocycles. The van der Waals surface area contributed by atoms with Crippen molar-refractivity contribution < 1.29 is 23.8 Å². The van der Waals surface area contributed by atoms with Crippen LogP contribution in [0, 0.1) is 5.92 Å². The number of ether oxygens (including phenoxy) is 3. The third-order valence-corrected chi connectivity index (χ3v) is 5.35. The SMILES string of the molecule is COC(=O)C1(NC(=O)c2cc(Cl)c(OCCC(C)C)c(OC)c2)CCCCC1. The van der Waals surface area contributed by atoms with Crippen LogP contribution in [0.1, 0.15) is 62.7 Å². The fourth-order valence-corrected chi connectivity index (χ4v) is 3.67. The Balaban J connectivity index is 2.22. The summed E-state index contributed by atoms with van der Waals surface area (Å²) in [5.74, 6) is 0.507. The van der Waals surface area contributed by atoms with E-state index in [9.17, 15) is 9.59 Å². The summed E-state index contributed by atoms with van der Waals surface area (Å²) in [5, 5.41) is 3.18. The molecule has 0 bridgehead atoms. The highest BCUT2D eigenvalue weighted by Crippen LogP contribution is 2.37. The summed E-state index contributed by atoms with van der Waals surface area (Å²) < 4.78 is 16.1. The van der Waals surface area contributed by atoms with Gasteiger partial charge in [0.05, 0.1) is 25.8 Å². The van der Waals surface area contributed by atoms with Crippen LogP contribution in [0.5, 0.6) is 11.5 Å². The van der Waals surface area contributed by atoms with E-state index in [0.717, 1.165) is 25.7 Å². The lowest BCUT2D eigenvalue weighted by Crippen LogP contribution is -2.56. The van der Waals surface area contributed by atoms with Gasteiger partial charge in [-0.25, -0.2) is 4.79 Å². The number of halogens is 1. The van der Waals surface area contributed by atoms with Gasteiger partial charge < -0.3 is 19.5 Å². The zero-order chi connectivity index (χ0) is 20.7. The number of hydrogen-bond donors (Lipinski definition) is 1. The summed E-state index contributed by atoms with van der Waals surface area (Å²) in [5.41, 5.74) is -0.678. The van der Waals surface area contributed by atoms with Crippen molar-refractivity contribution in [2.45, 2.75) is 57.9 Å². The predicted octanol–water partition coefficient (Wildman–Crippen LogP) is 4.38. The van der Waals surface area contributed by atoms with E-state index in [1.807, 2.05) is 0 Å². The van der Waals surface area contributed by atoms with Gasteiger partial charge in [-0.2, -0.15) is 0 Å². The maximum Gasteiger partial charge on any atom is 0.331 e. The molecule has 1 N–H and O–H groups in total. The third kappa shape index (κ3) is 5.31. The first-order valence-electron chi connectivity index (χ1n) is 9.74. The van der Waals surface area contributed by atoms with Crippen molar-refractivity contribution in [2.75, 3.05) is 20.8 Å². The van der Waals surface area contributed by atoms with Crippen molar-refractivity contribution >= 4 is 23.5 Å². The lowest BCUT2D eigenvalue weighted by atomic mass is 9.81. The molecule has 0 radical (unpaired) electrons. The minimum Gasteiger partial charge on any atom is -0.493 e. The summed E-state index contributed by atoms with van der Waals surface area (Å²) in [6.07, 6.45) is 4.77. The number of carbonyl (C=O) groups excluding carboxylic acids is 2. The van der Waals surface area contributed by atoms with Gasteiger partial charge in [0.15, 0.2) is 11.5 Å². The minimum absolute atomic E-state index is 0.295. The molecule has 0 heterocycles. The van der Waals surface area contributed by atoms with E-state index in [-0.39, 0.29) is 5.91 Å². The van der Waals surface area contributed by atoms with E-state index < -0.39 is 11.5 Å². The Kier molecular flexibility index (Phi) is 7.98. The number of hydrogen-bond acceptors (Lipinski definition) is 5. The lowest BCUT2D eigenvalue weighted by Gasteiger charge is -2.35. The smallest absolute Gasteiger partial charge is 0.331 e. The van der Waals surface area contributed by atoms with Crippen LogP contribution in [0.2, 0.25) is 5.02 Å². The van der Waals surface area contributed by atoms with Gasteiger partial charge in [-0.3, -0.25) is 4.79 Å². The van der Waals surface area contributed by atoms with Gasteiger partial charge in [0, 0.05) is 5.56 Å². The Bertz CT molecular complexity index is 698. The average molecular weight is 412 g/mol. The van der Waals surface area contributed by atoms with Crippen molar-refractivity contribution in [1.82, 2.24) is 5.32 Å². The maximum absolute atomic E-state index is 12.9. The number of methoxy groups -OCH3 is 2. The molecular formula is C21H30ClNO5. The molecule has 2 rings (SSSR count). The largest absolute Gasteiger partial charge is 0.493 e. The predicted molar refractivity (Wildman–Crippen MR) is 108 cm³/mol. The second kappa shape index (κ2) is 10.0. The summed E-state index contributed by atoms with van der Waals surface area (Å²) >= 11 is 6.36. The molecule has 1 fully saturated rings. The van der Waals surface area contributed by atoms with Gasteiger partial charge in [0.1, 0.15) is 5.54 Å². The zero-order valence-corrected chi connectivity index (χ0v) is 17.9. The summed E-state index contributed by atoms with van der Waals surface area (Å²) in [6.45, 7) is 4.72. The first-order valence-corrected chi connectivity index (χ1v) is 10.1. The number of esters is 1. The number of benzene rings is 1. The van der Waals surface area contributed by atoms with Crippen molar-refractivity contribution in [3.63, 3.8) is 0 Å². The Morgan fingerprint density at radius 1 is 1.18 bits per heavy atom. The highest BCUT2D eigenvalue weighted by Gasteiger charge is 2.42. The third-order valence-electron chi connectivity index (χ3n) is 5.07. The van der Waals surface area contributed by atoms with Gasteiger partial charge in [-0.1, -0.05) is 44.7 Å². The monoisotopic (exact) mass is 411 g/mol. The number of carbonyl (C=O) groups is 2. The molecule has 1 aliphatic rings. The van der Waals surface area contributed by atoms with Crippen LogP contribution in [0.25, 0.3) is 0 Å². The molecule has 28 heavy (non-hydrogen) atoms. The summed E-state index contributed by atoms with van der Waals surface area (Å²) in [4.78, 5) is 25.3. The average Bonchev–Trinajstić information content (AvgIpc) is 2.68. The van der Waals surface area contributed by atoms with Gasteiger partial charge in [-0.15, -0.1) is 0 Å². The normalized spacial score (nSPS) is 15.8. The van der Waals surface area contributed by atoms with Gasteiger partial charge in [0.2, 0.25) is 0 Å². The molecule has 1 aromatic rings.